The van der Waals surface area contributed by atoms with E-state index in [9.17, 15) is 26.4 Å². The number of nitrogens with zero attached hydrogens (tertiary/aromatic N) is 2. The number of carboxylic acids is 1. The molecule has 0 aromatic heterocycles. The second-order valence-corrected chi connectivity index (χ2v) is 7.49. The highest BCUT2D eigenvalue weighted by Crippen LogP contribution is 2.40. The van der Waals surface area contributed by atoms with Crippen LogP contribution in [-0.2, 0) is 14.8 Å². The van der Waals surface area contributed by atoms with Crippen molar-refractivity contribution in [3.63, 3.8) is 0 Å². The molecule has 11 heteroatoms. The molecule has 6 nitrogen and oxygen atoms in total. The maximum absolute atomic E-state index is 13.0. The standard InChI is InChI=1S/C13H10ClF3N2O4S/c14-10-2-1-7(4-18)3-11(10)24(22,23)19-5-8(12(20)21)9(6-19)13(15,16)17/h1-3,8-9H,5-6H2,(H,20,21)/t8-,9-/m1/s1. The normalized spacial score (nSPS) is 22.3. The van der Waals surface area contributed by atoms with Gasteiger partial charge in [-0.3, -0.25) is 4.79 Å². The third-order valence-corrected chi connectivity index (χ3v) is 6.02. The van der Waals surface area contributed by atoms with Crippen molar-refractivity contribution in [3.8, 4) is 6.07 Å². The molecule has 1 aliphatic rings. The van der Waals surface area contributed by atoms with Gasteiger partial charge in [0, 0.05) is 13.1 Å². The minimum absolute atomic E-state index is 0.0423. The molecule has 1 saturated heterocycles. The SMILES string of the molecule is N#Cc1ccc(Cl)c(S(=O)(=O)N2C[C@@H](C(F)(F)F)[C@H](C(=O)O)C2)c1. The van der Waals surface area contributed by atoms with Crippen molar-refractivity contribution in [1.82, 2.24) is 4.31 Å². The molecule has 1 aliphatic heterocycles. The Morgan fingerprint density at radius 2 is 2.00 bits per heavy atom. The fourth-order valence-corrected chi connectivity index (χ4v) is 4.45. The van der Waals surface area contributed by atoms with Gasteiger partial charge in [0.2, 0.25) is 10.0 Å². The van der Waals surface area contributed by atoms with E-state index in [1.54, 1.807) is 6.07 Å². The molecule has 0 spiro atoms. The van der Waals surface area contributed by atoms with Gasteiger partial charge in [0.1, 0.15) is 4.90 Å². The first-order valence-electron chi connectivity index (χ1n) is 6.47. The van der Waals surface area contributed by atoms with Crippen molar-refractivity contribution < 1.29 is 31.5 Å². The third kappa shape index (κ3) is 3.33. The van der Waals surface area contributed by atoms with Gasteiger partial charge in [-0.25, -0.2) is 8.42 Å². The maximum atomic E-state index is 13.0. The number of nitriles is 1. The Labute approximate surface area is 140 Å². The van der Waals surface area contributed by atoms with Crippen LogP contribution in [-0.4, -0.2) is 43.1 Å². The van der Waals surface area contributed by atoms with Gasteiger partial charge in [-0.05, 0) is 18.2 Å². The van der Waals surface area contributed by atoms with Crippen LogP contribution in [0.5, 0.6) is 0 Å². The number of hydrogen-bond acceptors (Lipinski definition) is 4. The zero-order valence-electron chi connectivity index (χ0n) is 11.8. The van der Waals surface area contributed by atoms with Crippen molar-refractivity contribution in [2.24, 2.45) is 11.8 Å². The number of halogens is 4. The van der Waals surface area contributed by atoms with Crippen LogP contribution < -0.4 is 0 Å². The Kier molecular flexibility index (Phi) is 4.81. The summed E-state index contributed by atoms with van der Waals surface area (Å²) in [4.78, 5) is 10.5. The average molecular weight is 383 g/mol. The first kappa shape index (κ1) is 18.5. The summed E-state index contributed by atoms with van der Waals surface area (Å²) in [7, 11) is -4.47. The monoisotopic (exact) mass is 382 g/mol. The summed E-state index contributed by atoms with van der Waals surface area (Å²) in [6, 6.07) is 5.03. The molecule has 0 radical (unpaired) electrons. The van der Waals surface area contributed by atoms with Crippen molar-refractivity contribution >= 4 is 27.6 Å². The second kappa shape index (κ2) is 6.23. The van der Waals surface area contributed by atoms with Crippen LogP contribution in [0.1, 0.15) is 5.56 Å². The summed E-state index contributed by atoms with van der Waals surface area (Å²) in [5.41, 5.74) is -0.0423. The highest BCUT2D eigenvalue weighted by atomic mass is 35.5. The number of carboxylic acid groups (broad SMARTS) is 1. The molecule has 130 valence electrons. The van der Waals surface area contributed by atoms with Gasteiger partial charge in [-0.1, -0.05) is 11.6 Å². The van der Waals surface area contributed by atoms with Gasteiger partial charge in [-0.2, -0.15) is 22.7 Å². The molecule has 1 aromatic carbocycles. The summed E-state index contributed by atoms with van der Waals surface area (Å²) in [5, 5.41) is 17.5. The lowest BCUT2D eigenvalue weighted by molar-refractivity contribution is -0.187. The molecule has 0 unspecified atom stereocenters. The fraction of sp³-hybridized carbons (Fsp3) is 0.385. The minimum atomic E-state index is -4.86. The predicted octanol–water partition coefficient (Wildman–Crippen LogP) is 2.10. The van der Waals surface area contributed by atoms with Gasteiger partial charge >= 0.3 is 12.1 Å². The first-order valence-corrected chi connectivity index (χ1v) is 8.29. The molecule has 1 aromatic rings. The summed E-state index contributed by atoms with van der Waals surface area (Å²) in [5.74, 6) is -5.95. The molecule has 1 fully saturated rings. The number of alkyl halides is 3. The van der Waals surface area contributed by atoms with E-state index in [0.29, 0.717) is 4.31 Å². The van der Waals surface area contributed by atoms with Gasteiger partial charge in [-0.15, -0.1) is 0 Å². The van der Waals surface area contributed by atoms with Crippen LogP contribution in [0.4, 0.5) is 13.2 Å². The number of aliphatic carboxylic acids is 1. The molecule has 0 saturated carbocycles. The smallest absolute Gasteiger partial charge is 0.393 e. The van der Waals surface area contributed by atoms with Crippen LogP contribution in [0.15, 0.2) is 23.1 Å². The lowest BCUT2D eigenvalue weighted by Crippen LogP contribution is -2.34. The van der Waals surface area contributed by atoms with Crippen molar-refractivity contribution in [2.75, 3.05) is 13.1 Å². The topological polar surface area (TPSA) is 98.5 Å². The second-order valence-electron chi connectivity index (χ2n) is 5.17. The number of carbonyl (C=O) groups is 1. The number of hydrogen-bond donors (Lipinski definition) is 1. The highest BCUT2D eigenvalue weighted by Gasteiger charge is 2.55. The average Bonchev–Trinajstić information content (AvgIpc) is 2.94. The number of benzene rings is 1. The molecular formula is C13H10ClF3N2O4S. The van der Waals surface area contributed by atoms with E-state index in [2.05, 4.69) is 0 Å². The Balaban J connectivity index is 2.45. The van der Waals surface area contributed by atoms with Crippen molar-refractivity contribution in [3.05, 3.63) is 28.8 Å². The Morgan fingerprint density at radius 1 is 1.38 bits per heavy atom. The van der Waals surface area contributed by atoms with E-state index < -0.39 is 52.0 Å². The first-order chi connectivity index (χ1) is 11.0. The van der Waals surface area contributed by atoms with Crippen LogP contribution >= 0.6 is 11.6 Å². The van der Waals surface area contributed by atoms with Crippen LogP contribution in [0, 0.1) is 23.2 Å². The molecule has 0 aliphatic carbocycles. The van der Waals surface area contributed by atoms with E-state index in [1.807, 2.05) is 0 Å². The third-order valence-electron chi connectivity index (χ3n) is 3.70. The van der Waals surface area contributed by atoms with Crippen molar-refractivity contribution in [2.45, 2.75) is 11.1 Å². The van der Waals surface area contributed by atoms with E-state index in [4.69, 9.17) is 22.0 Å². The molecule has 0 amide bonds. The number of rotatable bonds is 3. The molecule has 1 heterocycles. The van der Waals surface area contributed by atoms with Gasteiger partial charge < -0.3 is 5.11 Å². The lowest BCUT2D eigenvalue weighted by Gasteiger charge is -2.19. The lowest BCUT2D eigenvalue weighted by atomic mass is 9.96. The Morgan fingerprint density at radius 3 is 2.46 bits per heavy atom. The molecule has 0 bridgehead atoms. The van der Waals surface area contributed by atoms with Gasteiger partial charge in [0.05, 0.1) is 28.5 Å². The van der Waals surface area contributed by atoms with Crippen molar-refractivity contribution in [1.29, 1.82) is 5.26 Å². The molecular weight excluding hydrogens is 373 g/mol. The van der Waals surface area contributed by atoms with Crippen LogP contribution in [0.3, 0.4) is 0 Å². The van der Waals surface area contributed by atoms with Gasteiger partial charge in [0.25, 0.3) is 0 Å². The van der Waals surface area contributed by atoms with E-state index in [-0.39, 0.29) is 10.6 Å². The van der Waals surface area contributed by atoms with E-state index in [1.165, 1.54) is 6.07 Å². The van der Waals surface area contributed by atoms with E-state index in [0.717, 1.165) is 12.1 Å². The zero-order chi connectivity index (χ0) is 18.3. The zero-order valence-corrected chi connectivity index (χ0v) is 13.4. The maximum Gasteiger partial charge on any atom is 0.393 e. The summed E-state index contributed by atoms with van der Waals surface area (Å²) < 4.78 is 64.4. The summed E-state index contributed by atoms with van der Waals surface area (Å²) >= 11 is 5.79. The summed E-state index contributed by atoms with van der Waals surface area (Å²) in [6.45, 7) is -1.84. The van der Waals surface area contributed by atoms with Crippen LogP contribution in [0.2, 0.25) is 5.02 Å². The Hall–Kier alpha value is -1.83. The fourth-order valence-electron chi connectivity index (χ4n) is 2.46. The highest BCUT2D eigenvalue weighted by molar-refractivity contribution is 7.89. The van der Waals surface area contributed by atoms with Crippen LogP contribution in [0.25, 0.3) is 0 Å². The quantitative estimate of drug-likeness (QED) is 0.863. The van der Waals surface area contributed by atoms with E-state index >= 15 is 0 Å². The largest absolute Gasteiger partial charge is 0.481 e. The van der Waals surface area contributed by atoms with Gasteiger partial charge in [0.15, 0.2) is 0 Å². The molecule has 24 heavy (non-hydrogen) atoms. The molecule has 2 atom stereocenters. The Bertz CT molecular complexity index is 819. The molecule has 1 N–H and O–H groups in total. The summed E-state index contributed by atoms with van der Waals surface area (Å²) in [6.07, 6.45) is -4.86. The predicted molar refractivity (Wildman–Crippen MR) is 75.6 cm³/mol. The molecule has 2 rings (SSSR count). The number of sulfonamides is 1. The minimum Gasteiger partial charge on any atom is -0.481 e.